The minimum atomic E-state index is -0.963. The number of anilines is 2. The van der Waals surface area contributed by atoms with Crippen molar-refractivity contribution in [3.8, 4) is 0 Å². The third-order valence-corrected chi connectivity index (χ3v) is 5.84. The van der Waals surface area contributed by atoms with Crippen LogP contribution in [-0.2, 0) is 22.4 Å². The normalized spacial score (nSPS) is 13.4. The average Bonchev–Trinajstić information content (AvgIpc) is 3.36. The molecule has 1 amide bonds. The highest BCUT2D eigenvalue weighted by atomic mass is 35.5. The predicted molar refractivity (Wildman–Crippen MR) is 133 cm³/mol. The van der Waals surface area contributed by atoms with Gasteiger partial charge < -0.3 is 15.3 Å². The Kier molecular flexibility index (Phi) is 7.54. The molecule has 1 saturated heterocycles. The summed E-state index contributed by atoms with van der Waals surface area (Å²) in [5.41, 5.74) is 3.04. The highest BCUT2D eigenvalue weighted by Gasteiger charge is 2.23. The Balaban J connectivity index is 1.45. The third kappa shape index (κ3) is 6.20. The maximum Gasteiger partial charge on any atom is 0.308 e. The zero-order valence-electron chi connectivity index (χ0n) is 18.6. The molecule has 0 radical (unpaired) electrons. The molecule has 0 unspecified atom stereocenters. The van der Waals surface area contributed by atoms with Crippen LogP contribution in [-0.4, -0.2) is 40.0 Å². The van der Waals surface area contributed by atoms with E-state index < -0.39 is 5.97 Å². The quantitative estimate of drug-likeness (QED) is 0.364. The Hall–Kier alpha value is -3.71. The maximum absolute atomic E-state index is 12.2. The van der Waals surface area contributed by atoms with Crippen molar-refractivity contribution in [3.63, 3.8) is 0 Å². The molecule has 174 valence electrons. The van der Waals surface area contributed by atoms with Crippen LogP contribution in [0.5, 0.6) is 0 Å². The van der Waals surface area contributed by atoms with E-state index in [1.807, 2.05) is 54.6 Å². The fraction of sp³-hybridized carbons (Fsp3) is 0.231. The lowest BCUT2D eigenvalue weighted by atomic mass is 10.1. The van der Waals surface area contributed by atoms with Crippen molar-refractivity contribution in [2.75, 3.05) is 23.3 Å². The monoisotopic (exact) mass is 476 g/mol. The second-order valence-corrected chi connectivity index (χ2v) is 8.46. The molecule has 8 heteroatoms. The van der Waals surface area contributed by atoms with Gasteiger partial charge in [-0.05, 0) is 42.2 Å². The van der Waals surface area contributed by atoms with Crippen LogP contribution in [0.25, 0.3) is 6.08 Å². The van der Waals surface area contributed by atoms with Gasteiger partial charge >= 0.3 is 5.97 Å². The lowest BCUT2D eigenvalue weighted by Gasteiger charge is -2.21. The summed E-state index contributed by atoms with van der Waals surface area (Å²) >= 11 is 6.38. The van der Waals surface area contributed by atoms with Gasteiger partial charge in [-0.15, -0.1) is 0 Å². The lowest BCUT2D eigenvalue weighted by Crippen LogP contribution is -2.23. The Morgan fingerprint density at radius 2 is 1.74 bits per heavy atom. The van der Waals surface area contributed by atoms with Gasteiger partial charge in [-0.1, -0.05) is 54.1 Å². The van der Waals surface area contributed by atoms with Crippen molar-refractivity contribution < 1.29 is 14.7 Å². The van der Waals surface area contributed by atoms with Gasteiger partial charge in [0.2, 0.25) is 5.91 Å². The second-order valence-electron chi connectivity index (χ2n) is 8.10. The molecule has 1 aromatic heterocycles. The number of carbonyl (C=O) groups excluding carboxylic acids is 1. The van der Waals surface area contributed by atoms with Crippen molar-refractivity contribution in [2.24, 2.45) is 0 Å². The summed E-state index contributed by atoms with van der Waals surface area (Å²) in [6, 6.07) is 17.1. The smallest absolute Gasteiger partial charge is 0.308 e. The number of hydrogen-bond donors (Lipinski definition) is 2. The van der Waals surface area contributed by atoms with Gasteiger partial charge in [0, 0.05) is 36.8 Å². The molecule has 0 atom stereocenters. The van der Waals surface area contributed by atoms with Crippen LogP contribution in [0.1, 0.15) is 35.4 Å². The molecule has 7 nitrogen and oxygen atoms in total. The first-order valence-electron chi connectivity index (χ1n) is 11.1. The largest absolute Gasteiger partial charge is 0.481 e. The molecule has 34 heavy (non-hydrogen) atoms. The summed E-state index contributed by atoms with van der Waals surface area (Å²) in [6.07, 6.45) is 5.57. The first kappa shape index (κ1) is 23.4. The summed E-state index contributed by atoms with van der Waals surface area (Å²) in [5, 5.41) is 12.3. The van der Waals surface area contributed by atoms with E-state index in [0.717, 1.165) is 37.1 Å². The topological polar surface area (TPSA) is 95.4 Å². The molecule has 1 aliphatic heterocycles. The molecule has 0 aliphatic carbocycles. The molecular formula is C26H25ClN4O3. The molecule has 0 bridgehead atoms. The van der Waals surface area contributed by atoms with Crippen LogP contribution in [0.3, 0.4) is 0 Å². The van der Waals surface area contributed by atoms with Crippen LogP contribution in [0.4, 0.5) is 11.5 Å². The molecular weight excluding hydrogens is 452 g/mol. The van der Waals surface area contributed by atoms with Crippen molar-refractivity contribution in [1.29, 1.82) is 0 Å². The molecule has 3 aromatic rings. The molecule has 2 N–H and O–H groups in total. The molecule has 1 fully saturated rings. The fourth-order valence-electron chi connectivity index (χ4n) is 3.87. The molecule has 2 aromatic carbocycles. The lowest BCUT2D eigenvalue weighted by molar-refractivity contribution is -0.136. The number of nitrogens with zero attached hydrogens (tertiary/aromatic N) is 3. The number of rotatable bonds is 8. The summed E-state index contributed by atoms with van der Waals surface area (Å²) < 4.78 is 0. The first-order valence-corrected chi connectivity index (χ1v) is 11.5. The number of carboxylic acids is 1. The van der Waals surface area contributed by atoms with Crippen LogP contribution in [0.2, 0.25) is 5.15 Å². The minimum Gasteiger partial charge on any atom is -0.481 e. The minimum absolute atomic E-state index is 0.184. The number of halogens is 1. The average molecular weight is 477 g/mol. The zero-order chi connectivity index (χ0) is 23.9. The van der Waals surface area contributed by atoms with Gasteiger partial charge in [-0.2, -0.15) is 0 Å². The molecule has 2 heterocycles. The Morgan fingerprint density at radius 3 is 2.41 bits per heavy atom. The SMILES string of the molecule is O=C(O)Cc1c(Cl)nc(Cc2ccc(NC(=O)C=Cc3ccccc3)cc2)nc1N1CCCC1. The number of amides is 1. The number of aromatic nitrogens is 2. The molecule has 1 aliphatic rings. The van der Waals surface area contributed by atoms with Crippen LogP contribution >= 0.6 is 11.6 Å². The maximum atomic E-state index is 12.2. The van der Waals surface area contributed by atoms with E-state index in [2.05, 4.69) is 20.2 Å². The molecule has 0 saturated carbocycles. The van der Waals surface area contributed by atoms with E-state index in [9.17, 15) is 14.7 Å². The fourth-order valence-corrected chi connectivity index (χ4v) is 4.12. The van der Waals surface area contributed by atoms with Crippen LogP contribution in [0, 0.1) is 0 Å². The van der Waals surface area contributed by atoms with Gasteiger partial charge in [0.25, 0.3) is 0 Å². The van der Waals surface area contributed by atoms with Crippen LogP contribution in [0.15, 0.2) is 60.7 Å². The Bertz CT molecular complexity index is 1190. The summed E-state index contributed by atoms with van der Waals surface area (Å²) in [5.74, 6) is -0.0291. The van der Waals surface area contributed by atoms with E-state index in [1.165, 1.54) is 6.08 Å². The predicted octanol–water partition coefficient (Wildman–Crippen LogP) is 4.60. The van der Waals surface area contributed by atoms with Crippen LogP contribution < -0.4 is 10.2 Å². The number of carboxylic acid groups (broad SMARTS) is 1. The second kappa shape index (κ2) is 10.9. The van der Waals surface area contributed by atoms with E-state index in [0.29, 0.717) is 29.3 Å². The van der Waals surface area contributed by atoms with Crippen molar-refractivity contribution in [2.45, 2.75) is 25.7 Å². The molecule has 4 rings (SSSR count). The number of hydrogen-bond acceptors (Lipinski definition) is 5. The van der Waals surface area contributed by atoms with Crippen molar-refractivity contribution in [3.05, 3.63) is 88.3 Å². The highest BCUT2D eigenvalue weighted by molar-refractivity contribution is 6.30. The van der Waals surface area contributed by atoms with E-state index in [-0.39, 0.29) is 17.5 Å². The van der Waals surface area contributed by atoms with Crippen molar-refractivity contribution >= 4 is 41.1 Å². The van der Waals surface area contributed by atoms with Crippen molar-refractivity contribution in [1.82, 2.24) is 9.97 Å². The van der Waals surface area contributed by atoms with E-state index in [4.69, 9.17) is 11.6 Å². The summed E-state index contributed by atoms with van der Waals surface area (Å²) in [6.45, 7) is 1.65. The number of aliphatic carboxylic acids is 1. The molecule has 0 spiro atoms. The summed E-state index contributed by atoms with van der Waals surface area (Å²) in [7, 11) is 0. The van der Waals surface area contributed by atoms with E-state index >= 15 is 0 Å². The first-order chi connectivity index (χ1) is 16.5. The Morgan fingerprint density at radius 1 is 1.03 bits per heavy atom. The van der Waals surface area contributed by atoms with Gasteiger partial charge in [0.15, 0.2) is 0 Å². The van der Waals surface area contributed by atoms with Gasteiger partial charge in [0.05, 0.1) is 6.42 Å². The zero-order valence-corrected chi connectivity index (χ0v) is 19.3. The van der Waals surface area contributed by atoms with Gasteiger partial charge in [-0.25, -0.2) is 9.97 Å². The number of benzene rings is 2. The van der Waals surface area contributed by atoms with Gasteiger partial charge in [0.1, 0.15) is 16.8 Å². The van der Waals surface area contributed by atoms with Gasteiger partial charge in [-0.3, -0.25) is 9.59 Å². The summed E-state index contributed by atoms with van der Waals surface area (Å²) in [4.78, 5) is 34.6. The Labute approximate surface area is 203 Å². The standard InChI is InChI=1S/C26H25ClN4O3/c27-25-21(17-24(33)34)26(31-14-4-5-15-31)30-22(29-25)16-19-8-11-20(12-9-19)28-23(32)13-10-18-6-2-1-3-7-18/h1-3,6-13H,4-5,14-17H2,(H,28,32)(H,33,34). The number of nitrogens with one attached hydrogen (secondary N) is 1. The number of carbonyl (C=O) groups is 2. The van der Waals surface area contributed by atoms with E-state index in [1.54, 1.807) is 6.08 Å². The third-order valence-electron chi connectivity index (χ3n) is 5.53. The highest BCUT2D eigenvalue weighted by Crippen LogP contribution is 2.28.